The zero-order chi connectivity index (χ0) is 13.2. The van der Waals surface area contributed by atoms with E-state index in [1.807, 2.05) is 24.3 Å². The van der Waals surface area contributed by atoms with Gasteiger partial charge in [-0.05, 0) is 24.1 Å². The van der Waals surface area contributed by atoms with Crippen LogP contribution in [0.15, 0.2) is 29.3 Å². The molecule has 0 aliphatic heterocycles. The molecule has 1 rings (SSSR count). The van der Waals surface area contributed by atoms with Crippen molar-refractivity contribution in [2.75, 3.05) is 27.3 Å². The van der Waals surface area contributed by atoms with E-state index >= 15 is 0 Å². The van der Waals surface area contributed by atoms with Crippen LogP contribution in [0.25, 0.3) is 0 Å². The predicted molar refractivity (Wildman–Crippen MR) is 76.1 cm³/mol. The Morgan fingerprint density at radius 2 is 2.22 bits per heavy atom. The molecule has 0 aliphatic carbocycles. The molecular formula is C13H20ClN3O. The minimum atomic E-state index is 0.699. The highest BCUT2D eigenvalue weighted by molar-refractivity contribution is 6.30. The lowest BCUT2D eigenvalue weighted by molar-refractivity contribution is 0.195. The van der Waals surface area contributed by atoms with Gasteiger partial charge in [-0.2, -0.15) is 0 Å². The average Bonchev–Trinajstić information content (AvgIpc) is 2.38. The first-order chi connectivity index (χ1) is 8.76. The van der Waals surface area contributed by atoms with E-state index in [9.17, 15) is 0 Å². The summed E-state index contributed by atoms with van der Waals surface area (Å²) < 4.78 is 4.98. The molecule has 18 heavy (non-hydrogen) atoms. The summed E-state index contributed by atoms with van der Waals surface area (Å²) in [6, 6.07) is 7.76. The van der Waals surface area contributed by atoms with Gasteiger partial charge >= 0.3 is 0 Å². The van der Waals surface area contributed by atoms with Crippen LogP contribution in [0.4, 0.5) is 0 Å². The molecule has 4 nitrogen and oxygen atoms in total. The van der Waals surface area contributed by atoms with E-state index in [4.69, 9.17) is 16.3 Å². The second-order valence-electron chi connectivity index (χ2n) is 3.83. The number of ether oxygens (including phenoxy) is 1. The lowest BCUT2D eigenvalue weighted by Crippen LogP contribution is -2.37. The number of methoxy groups -OCH3 is 1. The van der Waals surface area contributed by atoms with Gasteiger partial charge in [-0.1, -0.05) is 23.7 Å². The maximum absolute atomic E-state index is 5.92. The van der Waals surface area contributed by atoms with Crippen molar-refractivity contribution in [3.63, 3.8) is 0 Å². The molecule has 0 saturated heterocycles. The molecule has 0 saturated carbocycles. The molecule has 2 N–H and O–H groups in total. The smallest absolute Gasteiger partial charge is 0.191 e. The van der Waals surface area contributed by atoms with Gasteiger partial charge in [0.25, 0.3) is 0 Å². The predicted octanol–water partition coefficient (Wildman–Crippen LogP) is 2.04. The summed E-state index contributed by atoms with van der Waals surface area (Å²) >= 11 is 5.92. The second kappa shape index (κ2) is 8.78. The monoisotopic (exact) mass is 269 g/mol. The van der Waals surface area contributed by atoms with E-state index in [0.29, 0.717) is 6.54 Å². The van der Waals surface area contributed by atoms with Gasteiger partial charge in [0.05, 0.1) is 0 Å². The van der Waals surface area contributed by atoms with Gasteiger partial charge in [0, 0.05) is 38.9 Å². The quantitative estimate of drug-likeness (QED) is 0.472. The Bertz CT molecular complexity index is 382. The SMILES string of the molecule is CN=C(NCCCOC)NCc1cccc(Cl)c1. The normalized spacial score (nSPS) is 11.4. The third-order valence-corrected chi connectivity index (χ3v) is 2.63. The van der Waals surface area contributed by atoms with E-state index in [-0.39, 0.29) is 0 Å². The first-order valence-corrected chi connectivity index (χ1v) is 6.32. The lowest BCUT2D eigenvalue weighted by Gasteiger charge is -2.11. The molecule has 100 valence electrons. The molecule has 0 atom stereocenters. The number of hydrogen-bond donors (Lipinski definition) is 2. The summed E-state index contributed by atoms with van der Waals surface area (Å²) in [7, 11) is 3.45. The van der Waals surface area contributed by atoms with Crippen molar-refractivity contribution in [2.45, 2.75) is 13.0 Å². The summed E-state index contributed by atoms with van der Waals surface area (Å²) in [6.45, 7) is 2.28. The maximum Gasteiger partial charge on any atom is 0.191 e. The van der Waals surface area contributed by atoms with Crippen molar-refractivity contribution in [3.05, 3.63) is 34.9 Å². The van der Waals surface area contributed by atoms with Gasteiger partial charge in [0.15, 0.2) is 5.96 Å². The molecule has 0 aliphatic rings. The van der Waals surface area contributed by atoms with Crippen LogP contribution >= 0.6 is 11.6 Å². The Balaban J connectivity index is 2.31. The maximum atomic E-state index is 5.92. The van der Waals surface area contributed by atoms with Gasteiger partial charge < -0.3 is 15.4 Å². The van der Waals surface area contributed by atoms with Crippen molar-refractivity contribution < 1.29 is 4.74 Å². The fourth-order valence-corrected chi connectivity index (χ4v) is 1.69. The molecule has 0 bridgehead atoms. The summed E-state index contributed by atoms with van der Waals surface area (Å²) in [5, 5.41) is 7.19. The van der Waals surface area contributed by atoms with Crippen LogP contribution in [0.5, 0.6) is 0 Å². The van der Waals surface area contributed by atoms with Crippen molar-refractivity contribution in [1.29, 1.82) is 0 Å². The molecule has 5 heteroatoms. The fraction of sp³-hybridized carbons (Fsp3) is 0.462. The van der Waals surface area contributed by atoms with Crippen LogP contribution in [0, 0.1) is 0 Å². The molecule has 1 aromatic carbocycles. The first kappa shape index (κ1) is 14.8. The van der Waals surface area contributed by atoms with Gasteiger partial charge in [-0.3, -0.25) is 4.99 Å². The standard InChI is InChI=1S/C13H20ClN3O/c1-15-13(16-7-4-8-18-2)17-10-11-5-3-6-12(14)9-11/h3,5-6,9H,4,7-8,10H2,1-2H3,(H2,15,16,17). The van der Waals surface area contributed by atoms with Crippen LogP contribution in [-0.4, -0.2) is 33.3 Å². The molecule has 0 radical (unpaired) electrons. The topological polar surface area (TPSA) is 45.7 Å². The number of nitrogens with one attached hydrogen (secondary N) is 2. The Kier molecular flexibility index (Phi) is 7.22. The van der Waals surface area contributed by atoms with E-state index in [0.717, 1.165) is 36.1 Å². The molecule has 0 fully saturated rings. The Hall–Kier alpha value is -1.26. The highest BCUT2D eigenvalue weighted by Gasteiger charge is 1.98. The number of rotatable bonds is 6. The summed E-state index contributed by atoms with van der Waals surface area (Å²) in [6.07, 6.45) is 0.953. The van der Waals surface area contributed by atoms with Gasteiger partial charge in [-0.15, -0.1) is 0 Å². The molecule has 0 aromatic heterocycles. The molecule has 0 unspecified atom stereocenters. The molecular weight excluding hydrogens is 250 g/mol. The van der Waals surface area contributed by atoms with E-state index in [1.165, 1.54) is 0 Å². The van der Waals surface area contributed by atoms with Gasteiger partial charge in [0.1, 0.15) is 0 Å². The number of hydrogen-bond acceptors (Lipinski definition) is 2. The molecule has 0 spiro atoms. The highest BCUT2D eigenvalue weighted by Crippen LogP contribution is 2.09. The van der Waals surface area contributed by atoms with Crippen LogP contribution in [-0.2, 0) is 11.3 Å². The van der Waals surface area contributed by atoms with Gasteiger partial charge in [-0.25, -0.2) is 0 Å². The van der Waals surface area contributed by atoms with Crippen molar-refractivity contribution in [2.24, 2.45) is 4.99 Å². The van der Waals surface area contributed by atoms with Crippen LogP contribution < -0.4 is 10.6 Å². The summed E-state index contributed by atoms with van der Waals surface area (Å²) in [5.41, 5.74) is 1.13. The fourth-order valence-electron chi connectivity index (χ4n) is 1.48. The highest BCUT2D eigenvalue weighted by atomic mass is 35.5. The number of halogens is 1. The van der Waals surface area contributed by atoms with E-state index < -0.39 is 0 Å². The Morgan fingerprint density at radius 3 is 2.89 bits per heavy atom. The van der Waals surface area contributed by atoms with Crippen molar-refractivity contribution in [1.82, 2.24) is 10.6 Å². The Labute approximate surface area is 113 Å². The summed E-state index contributed by atoms with van der Waals surface area (Å²) in [4.78, 5) is 4.14. The van der Waals surface area contributed by atoms with Crippen LogP contribution in [0.2, 0.25) is 5.02 Å². The van der Waals surface area contributed by atoms with Gasteiger partial charge in [0.2, 0.25) is 0 Å². The minimum absolute atomic E-state index is 0.699. The third-order valence-electron chi connectivity index (χ3n) is 2.39. The Morgan fingerprint density at radius 1 is 1.39 bits per heavy atom. The van der Waals surface area contributed by atoms with Crippen LogP contribution in [0.1, 0.15) is 12.0 Å². The summed E-state index contributed by atoms with van der Waals surface area (Å²) in [5.74, 6) is 0.783. The number of benzene rings is 1. The number of nitrogens with zero attached hydrogens (tertiary/aromatic N) is 1. The van der Waals surface area contributed by atoms with Crippen molar-refractivity contribution in [3.8, 4) is 0 Å². The second-order valence-corrected chi connectivity index (χ2v) is 4.27. The number of aliphatic imine (C=N–C) groups is 1. The van der Waals surface area contributed by atoms with E-state index in [1.54, 1.807) is 14.2 Å². The molecule has 1 aromatic rings. The zero-order valence-electron chi connectivity index (χ0n) is 10.9. The van der Waals surface area contributed by atoms with Crippen LogP contribution in [0.3, 0.4) is 0 Å². The average molecular weight is 270 g/mol. The zero-order valence-corrected chi connectivity index (χ0v) is 11.6. The molecule has 0 heterocycles. The lowest BCUT2D eigenvalue weighted by atomic mass is 10.2. The number of guanidine groups is 1. The largest absolute Gasteiger partial charge is 0.385 e. The van der Waals surface area contributed by atoms with Crippen molar-refractivity contribution >= 4 is 17.6 Å². The first-order valence-electron chi connectivity index (χ1n) is 5.94. The van der Waals surface area contributed by atoms with E-state index in [2.05, 4.69) is 15.6 Å². The minimum Gasteiger partial charge on any atom is -0.385 e. The third kappa shape index (κ3) is 5.89. The molecule has 0 amide bonds.